The minimum Gasteiger partial charge on any atom is -0.858 e. The number of anilines is 8. The van der Waals surface area contributed by atoms with Crippen LogP contribution in [0.3, 0.4) is 0 Å². The predicted octanol–water partition coefficient (Wildman–Crippen LogP) is 5.17. The summed E-state index contributed by atoms with van der Waals surface area (Å²) in [4.78, 5) is 58.2. The van der Waals surface area contributed by atoms with Crippen LogP contribution >= 0.6 is 46.1 Å². The van der Waals surface area contributed by atoms with Crippen molar-refractivity contribution >= 4 is 190 Å². The number of halogens is 5. The SMILES string of the molecule is COC(=O)N(C)c1c(N)nc(-c2nn(Cc3ccccc3F)c3ncccc23)nc1N.COC(=O)Nc1c(N)nc(-c2nn(Cc3ccccc3F)c3ncccc23)nc1N.Cc1noc(C)c1S(=O)(=O)Nc1ccc(Cl)cc1C([O-])=Nc1ccc(S(=O)(=O)N2CC(C)OC(C)C2)cc1.O=S(=O)(Nc1ccc(Cl)cc1C([O-])=Nc1ccc(S(=O)(=O)N2CCOCC2)cc1)c1ccc(Cl)s1.[Na+].[Na+]. The average molecular weight is 2030 g/mol. The number of rotatable bonds is 22. The molecule has 136 heavy (non-hydrogen) atoms. The number of nitrogens with one attached hydrogen (secondary N) is 3. The van der Waals surface area contributed by atoms with Crippen LogP contribution in [0.4, 0.5) is 75.8 Å². The van der Waals surface area contributed by atoms with E-state index in [4.69, 9.17) is 71.7 Å². The summed E-state index contributed by atoms with van der Waals surface area (Å²) in [6.07, 6.45) is 1.33. The molecule has 2 aliphatic heterocycles. The molecule has 0 radical (unpaired) electrons. The van der Waals surface area contributed by atoms with Gasteiger partial charge in [-0.3, -0.25) is 29.6 Å². The van der Waals surface area contributed by atoms with Gasteiger partial charge in [-0.05, 0) is 173 Å². The zero-order valence-electron chi connectivity index (χ0n) is 73.5. The summed E-state index contributed by atoms with van der Waals surface area (Å²) < 4.78 is 167. The number of aliphatic imine (C=N–C) groups is 2. The molecule has 10 heterocycles. The topological polar surface area (TPSA) is 567 Å². The van der Waals surface area contributed by atoms with Gasteiger partial charge in [0.25, 0.3) is 20.0 Å². The Morgan fingerprint density at radius 1 is 0.588 bits per heavy atom. The van der Waals surface area contributed by atoms with Crippen molar-refractivity contribution in [3.05, 3.63) is 242 Å². The van der Waals surface area contributed by atoms with Crippen molar-refractivity contribution in [3.8, 4) is 23.0 Å². The second-order valence-corrected chi connectivity index (χ2v) is 39.2. The number of nitrogens with two attached hydrogens (primary N) is 4. The number of aromatic nitrogens is 11. The fraction of sp³-hybridized carbons (Fsp3) is 0.202. The van der Waals surface area contributed by atoms with Gasteiger partial charge in [0, 0.05) is 77.9 Å². The van der Waals surface area contributed by atoms with Gasteiger partial charge in [-0.25, -0.2) is 91.3 Å². The van der Waals surface area contributed by atoms with Gasteiger partial charge in [0.2, 0.25) is 20.0 Å². The van der Waals surface area contributed by atoms with Crippen LogP contribution in [0.1, 0.15) is 47.6 Å². The van der Waals surface area contributed by atoms with Crippen LogP contribution in [-0.4, -0.2) is 194 Å². The monoisotopic (exact) mass is 2030 g/mol. The van der Waals surface area contributed by atoms with Crippen molar-refractivity contribution in [1.82, 2.24) is 63.2 Å². The zero-order valence-corrected chi connectivity index (χ0v) is 83.8. The van der Waals surface area contributed by atoms with Crippen molar-refractivity contribution in [1.29, 1.82) is 0 Å². The third-order valence-corrected chi connectivity index (χ3v) is 28.7. The summed E-state index contributed by atoms with van der Waals surface area (Å²) in [7, 11) is -11.7. The number of hydrogen-bond donors (Lipinski definition) is 7. The maximum absolute atomic E-state index is 14.2. The molecular formula is C84H80Cl3F2N23Na2O17S5. The number of thiophene rings is 1. The maximum atomic E-state index is 14.2. The largest absolute Gasteiger partial charge is 1.00 e. The number of methoxy groups -OCH3 is 2. The number of hydrogen-bond acceptors (Lipinski definition) is 33. The Bertz CT molecular complexity index is 7270. The van der Waals surface area contributed by atoms with Gasteiger partial charge in [-0.15, -0.1) is 11.3 Å². The van der Waals surface area contributed by atoms with Gasteiger partial charge in [0.15, 0.2) is 56.9 Å². The molecule has 52 heteroatoms. The van der Waals surface area contributed by atoms with Crippen LogP contribution in [0.25, 0.3) is 45.1 Å². The summed E-state index contributed by atoms with van der Waals surface area (Å²) in [5.74, 6) is -1.98. The van der Waals surface area contributed by atoms with E-state index >= 15 is 0 Å². The first kappa shape index (κ1) is 105. The molecule has 2 saturated heterocycles. The van der Waals surface area contributed by atoms with E-state index in [0.29, 0.717) is 62.1 Å². The van der Waals surface area contributed by atoms with Crippen molar-refractivity contribution < 1.29 is 145 Å². The summed E-state index contributed by atoms with van der Waals surface area (Å²) >= 11 is 18.8. The molecule has 2 aliphatic rings. The first-order chi connectivity index (χ1) is 63.7. The third-order valence-electron chi connectivity index (χ3n) is 19.8. The molecule has 0 spiro atoms. The molecule has 11 N–H and O–H groups in total. The molecule has 6 aromatic carbocycles. The Labute approximate surface area is 840 Å². The number of nitrogens with zero attached hydrogens (tertiary/aromatic N) is 16. The van der Waals surface area contributed by atoms with Crippen LogP contribution in [0.15, 0.2) is 216 Å². The smallest absolute Gasteiger partial charge is 0.858 e. The molecule has 16 rings (SSSR count). The van der Waals surface area contributed by atoms with E-state index in [1.807, 2.05) is 13.8 Å². The summed E-state index contributed by atoms with van der Waals surface area (Å²) in [5, 5.41) is 42.8. The standard InChI is InChI=1S/C24H27ClN4O7S2.C21H19Cl2N3O6S3.C20H19FN8O2.C19H17FN8O2.2Na/c1-14-12-29(13-15(2)35-14)38(33,34)20-8-6-19(7-9-20)26-24(30)21-11-18(25)5-10-22(21)28-37(31,32)23-16(3)27-36-17(23)4;22-14-1-6-18(25-34(28,29)20-8-7-19(23)33-20)17(13-14)21(27)24-15-2-4-16(5-3-15)35(30,31)26-9-11-32-12-10-26;1-28(20(30)31-2)15-16(22)25-18(26-17(15)23)14-12-7-5-9-24-19(12)29(27-14)10-11-6-3-4-8-13(11)21;1-30-19(29)24-14-15(21)25-17(26-16(14)22)13-11-6-4-8-23-18(11)28(27-13)9-10-5-2-3-7-12(10)20;;/h5-11,14-15,28H,12-13H2,1-4H3,(H,26,30);1-8,13,25H,9-12H2,(H,24,27);3-9H,10H2,1-2H3,(H4,22,23,25,26);2-8H,9H2,1H3,(H,24,29)(H4,21,22,25,26);;/q;;;;2*+1/p-2. The van der Waals surface area contributed by atoms with Gasteiger partial charge in [0.1, 0.15) is 44.3 Å². The number of sulfonamides is 4. The Kier molecular flexibility index (Phi) is 34.7. The minimum absolute atomic E-state index is 0. The number of fused-ring (bicyclic) bond motifs is 2. The Balaban J connectivity index is 0.000000174. The van der Waals surface area contributed by atoms with Gasteiger partial charge in [-0.1, -0.05) is 76.4 Å². The van der Waals surface area contributed by atoms with Gasteiger partial charge in [-0.2, -0.15) is 18.8 Å². The van der Waals surface area contributed by atoms with Gasteiger partial charge >= 0.3 is 71.3 Å². The van der Waals surface area contributed by atoms with Crippen LogP contribution in [-0.2, 0) is 72.1 Å². The number of pyridine rings is 2. The molecule has 700 valence electrons. The number of aryl methyl sites for hydroxylation is 2. The molecule has 0 saturated carbocycles. The van der Waals surface area contributed by atoms with Crippen molar-refractivity contribution in [2.45, 2.75) is 71.9 Å². The first-order valence-electron chi connectivity index (χ1n) is 39.6. The maximum Gasteiger partial charge on any atom is 1.00 e. The van der Waals surface area contributed by atoms with Gasteiger partial charge in [0.05, 0.1) is 100 Å². The molecular weight excluding hydrogens is 1950 g/mol. The molecule has 14 aromatic rings. The van der Waals surface area contributed by atoms with Crippen LogP contribution in [0, 0.1) is 25.5 Å². The first-order valence-corrected chi connectivity index (χ1v) is 47.4. The predicted molar refractivity (Wildman–Crippen MR) is 496 cm³/mol. The average Bonchev–Trinajstić information content (AvgIpc) is 1.61. The Morgan fingerprint density at radius 3 is 1.46 bits per heavy atom. The third kappa shape index (κ3) is 24.6. The van der Waals surface area contributed by atoms with Crippen LogP contribution < -0.4 is 112 Å². The van der Waals surface area contributed by atoms with E-state index < -0.39 is 64.1 Å². The summed E-state index contributed by atoms with van der Waals surface area (Å²) in [5.41, 5.74) is 27.2. The molecule has 8 aromatic heterocycles. The second-order valence-electron chi connectivity index (χ2n) is 29.2. The number of ether oxygens (including phenoxy) is 4. The zero-order chi connectivity index (χ0) is 96.4. The van der Waals surface area contributed by atoms with Gasteiger partial charge < -0.3 is 56.6 Å². The number of nitrogen functional groups attached to an aromatic ring is 4. The van der Waals surface area contributed by atoms with E-state index in [1.54, 1.807) is 82.4 Å². The van der Waals surface area contributed by atoms with Crippen LogP contribution in [0.2, 0.25) is 14.4 Å². The van der Waals surface area contributed by atoms with E-state index in [2.05, 4.69) is 79.5 Å². The molecule has 2 amide bonds. The van der Waals surface area contributed by atoms with E-state index in [0.717, 1.165) is 16.2 Å². The normalized spacial score (nSPS) is 14.4. The number of carbonyl (C=O) groups excluding carboxylic acids is 2. The molecule has 0 bridgehead atoms. The van der Waals surface area contributed by atoms with E-state index in [1.165, 1.54) is 153 Å². The second kappa shape index (κ2) is 45.1. The fourth-order valence-corrected chi connectivity index (χ4v) is 20.9. The molecule has 2 fully saturated rings. The summed E-state index contributed by atoms with van der Waals surface area (Å²) in [6.45, 7) is 8.53. The molecule has 2 unspecified atom stereocenters. The van der Waals surface area contributed by atoms with Crippen LogP contribution in [0.5, 0.6) is 0 Å². The fourth-order valence-electron chi connectivity index (χ4n) is 13.6. The Hall–Kier alpha value is -11.7. The minimum atomic E-state index is -4.14. The van der Waals surface area contributed by atoms with E-state index in [9.17, 15) is 62.3 Å². The number of carbonyl (C=O) groups is 2. The van der Waals surface area contributed by atoms with Crippen molar-refractivity contribution in [3.63, 3.8) is 0 Å². The number of benzene rings is 6. The quantitative estimate of drug-likeness (QED) is 0.0261. The number of amides is 2. The molecule has 2 atom stereocenters. The van der Waals surface area contributed by atoms with E-state index in [-0.39, 0.29) is 243 Å². The van der Waals surface area contributed by atoms with Crippen molar-refractivity contribution in [2.24, 2.45) is 9.98 Å². The molecule has 40 nitrogen and oxygen atoms in total. The summed E-state index contributed by atoms with van der Waals surface area (Å²) in [6, 6.07) is 41.9. The Morgan fingerprint density at radius 2 is 1.04 bits per heavy atom. The van der Waals surface area contributed by atoms with Crippen molar-refractivity contribution in [2.75, 3.05) is 103 Å². The number of morpholine rings is 2. The molecule has 0 aliphatic carbocycles.